The van der Waals surface area contributed by atoms with E-state index in [1.54, 1.807) is 12.1 Å². The van der Waals surface area contributed by atoms with Crippen LogP contribution < -0.4 is 0 Å². The van der Waals surface area contributed by atoms with Crippen LogP contribution in [-0.2, 0) is 0 Å². The van der Waals surface area contributed by atoms with Crippen molar-refractivity contribution >= 4 is 11.8 Å². The van der Waals surface area contributed by atoms with Crippen molar-refractivity contribution in [3.63, 3.8) is 0 Å². The molecule has 1 aliphatic heterocycles. The fourth-order valence-corrected chi connectivity index (χ4v) is 2.88. The van der Waals surface area contributed by atoms with Crippen molar-refractivity contribution in [1.82, 2.24) is 0 Å². The number of phenols is 1. The van der Waals surface area contributed by atoms with Crippen LogP contribution in [0.1, 0.15) is 24.3 Å². The van der Waals surface area contributed by atoms with Gasteiger partial charge in [-0.2, -0.15) is 11.8 Å². The SMILES string of the molecule is Oc1ccc(C2CCSCC2)cc1. The number of aromatic hydroxyl groups is 1. The standard InChI is InChI=1S/C11H14OS/c12-11-3-1-9(2-4-11)10-5-7-13-8-6-10/h1-4,10,12H,5-8H2. The van der Waals surface area contributed by atoms with E-state index in [2.05, 4.69) is 12.1 Å². The van der Waals surface area contributed by atoms with E-state index in [-0.39, 0.29) is 0 Å². The molecule has 1 N–H and O–H groups in total. The van der Waals surface area contributed by atoms with Crippen LogP contribution in [0.5, 0.6) is 5.75 Å². The summed E-state index contributed by atoms with van der Waals surface area (Å²) >= 11 is 2.05. The molecule has 0 unspecified atom stereocenters. The molecule has 1 aromatic rings. The second kappa shape index (κ2) is 4.05. The molecule has 0 aliphatic carbocycles. The third-order valence-electron chi connectivity index (χ3n) is 2.59. The topological polar surface area (TPSA) is 20.2 Å². The van der Waals surface area contributed by atoms with E-state index in [9.17, 15) is 0 Å². The molecule has 1 fully saturated rings. The van der Waals surface area contributed by atoms with E-state index >= 15 is 0 Å². The van der Waals surface area contributed by atoms with Crippen molar-refractivity contribution in [2.45, 2.75) is 18.8 Å². The van der Waals surface area contributed by atoms with Crippen LogP contribution in [0, 0.1) is 0 Å². The van der Waals surface area contributed by atoms with E-state index in [4.69, 9.17) is 5.11 Å². The maximum absolute atomic E-state index is 9.15. The zero-order valence-corrected chi connectivity index (χ0v) is 8.39. The second-order valence-corrected chi connectivity index (χ2v) is 4.70. The Morgan fingerprint density at radius 1 is 1.08 bits per heavy atom. The van der Waals surface area contributed by atoms with Crippen LogP contribution in [0.3, 0.4) is 0 Å². The summed E-state index contributed by atoms with van der Waals surface area (Å²) in [6, 6.07) is 7.68. The lowest BCUT2D eigenvalue weighted by molar-refractivity contribution is 0.474. The average molecular weight is 194 g/mol. The summed E-state index contributed by atoms with van der Waals surface area (Å²) in [5.74, 6) is 3.66. The van der Waals surface area contributed by atoms with Crippen LogP contribution in [0.15, 0.2) is 24.3 Å². The zero-order chi connectivity index (χ0) is 9.10. The fraction of sp³-hybridized carbons (Fsp3) is 0.455. The van der Waals surface area contributed by atoms with Crippen LogP contribution in [-0.4, -0.2) is 16.6 Å². The Labute approximate surface area is 83.2 Å². The Balaban J connectivity index is 2.10. The molecule has 0 amide bonds. The number of rotatable bonds is 1. The Kier molecular flexibility index (Phi) is 2.79. The van der Waals surface area contributed by atoms with Gasteiger partial charge in [0.15, 0.2) is 0 Å². The van der Waals surface area contributed by atoms with E-state index in [0.717, 1.165) is 5.92 Å². The molecular formula is C11H14OS. The summed E-state index contributed by atoms with van der Waals surface area (Å²) in [5.41, 5.74) is 1.39. The first kappa shape index (κ1) is 8.95. The molecule has 1 heterocycles. The summed E-state index contributed by atoms with van der Waals surface area (Å²) in [7, 11) is 0. The van der Waals surface area contributed by atoms with Gasteiger partial charge in [-0.3, -0.25) is 0 Å². The first-order valence-electron chi connectivity index (χ1n) is 4.73. The highest BCUT2D eigenvalue weighted by atomic mass is 32.2. The molecule has 0 atom stereocenters. The van der Waals surface area contributed by atoms with Gasteiger partial charge in [-0.05, 0) is 48.0 Å². The largest absolute Gasteiger partial charge is 0.508 e. The minimum Gasteiger partial charge on any atom is -0.508 e. The van der Waals surface area contributed by atoms with Gasteiger partial charge < -0.3 is 5.11 Å². The Morgan fingerprint density at radius 3 is 2.31 bits per heavy atom. The molecule has 2 heteroatoms. The molecule has 1 aliphatic rings. The number of benzene rings is 1. The number of hydrogen-bond acceptors (Lipinski definition) is 2. The van der Waals surface area contributed by atoms with Crippen molar-refractivity contribution in [3.05, 3.63) is 29.8 Å². The van der Waals surface area contributed by atoms with Crippen LogP contribution in [0.2, 0.25) is 0 Å². The van der Waals surface area contributed by atoms with E-state index in [1.807, 2.05) is 11.8 Å². The summed E-state index contributed by atoms with van der Waals surface area (Å²) in [5, 5.41) is 9.15. The van der Waals surface area contributed by atoms with Crippen molar-refractivity contribution in [3.8, 4) is 5.75 Å². The maximum Gasteiger partial charge on any atom is 0.115 e. The van der Waals surface area contributed by atoms with Gasteiger partial charge in [0, 0.05) is 0 Å². The monoisotopic (exact) mass is 194 g/mol. The van der Waals surface area contributed by atoms with E-state index in [0.29, 0.717) is 5.75 Å². The number of hydrogen-bond donors (Lipinski definition) is 1. The molecule has 1 nitrogen and oxygen atoms in total. The van der Waals surface area contributed by atoms with Crippen molar-refractivity contribution in [2.24, 2.45) is 0 Å². The first-order valence-corrected chi connectivity index (χ1v) is 5.88. The molecule has 0 bridgehead atoms. The van der Waals surface area contributed by atoms with Gasteiger partial charge in [0.1, 0.15) is 5.75 Å². The van der Waals surface area contributed by atoms with Gasteiger partial charge in [-0.15, -0.1) is 0 Å². The summed E-state index contributed by atoms with van der Waals surface area (Å²) in [4.78, 5) is 0. The minimum absolute atomic E-state index is 0.369. The van der Waals surface area contributed by atoms with Gasteiger partial charge in [-0.25, -0.2) is 0 Å². The molecule has 0 aromatic heterocycles. The molecule has 0 saturated carbocycles. The highest BCUT2D eigenvalue weighted by molar-refractivity contribution is 7.99. The maximum atomic E-state index is 9.15. The van der Waals surface area contributed by atoms with Crippen molar-refractivity contribution < 1.29 is 5.11 Å². The van der Waals surface area contributed by atoms with Crippen LogP contribution >= 0.6 is 11.8 Å². The first-order chi connectivity index (χ1) is 6.36. The minimum atomic E-state index is 0.369. The fourth-order valence-electron chi connectivity index (χ4n) is 1.78. The summed E-state index contributed by atoms with van der Waals surface area (Å²) in [6.07, 6.45) is 2.57. The molecule has 1 saturated heterocycles. The van der Waals surface area contributed by atoms with Crippen LogP contribution in [0.25, 0.3) is 0 Å². The predicted molar refractivity (Wildman–Crippen MR) is 57.4 cm³/mol. The Hall–Kier alpha value is -0.630. The number of thioether (sulfide) groups is 1. The van der Waals surface area contributed by atoms with Crippen LogP contribution in [0.4, 0.5) is 0 Å². The van der Waals surface area contributed by atoms with Gasteiger partial charge in [0.25, 0.3) is 0 Å². The molecule has 13 heavy (non-hydrogen) atoms. The zero-order valence-electron chi connectivity index (χ0n) is 7.57. The smallest absolute Gasteiger partial charge is 0.115 e. The van der Waals surface area contributed by atoms with E-state index in [1.165, 1.54) is 29.9 Å². The third-order valence-corrected chi connectivity index (χ3v) is 3.63. The molecular weight excluding hydrogens is 180 g/mol. The lowest BCUT2D eigenvalue weighted by Crippen LogP contribution is -2.07. The predicted octanol–water partition coefficient (Wildman–Crippen LogP) is 3.00. The van der Waals surface area contributed by atoms with E-state index < -0.39 is 0 Å². The molecule has 1 aromatic carbocycles. The van der Waals surface area contributed by atoms with Gasteiger partial charge in [0.05, 0.1) is 0 Å². The normalized spacial score (nSPS) is 18.8. The summed E-state index contributed by atoms with van der Waals surface area (Å²) < 4.78 is 0. The lowest BCUT2D eigenvalue weighted by Gasteiger charge is -2.21. The van der Waals surface area contributed by atoms with Crippen molar-refractivity contribution in [1.29, 1.82) is 0 Å². The Bertz CT molecular complexity index is 262. The second-order valence-electron chi connectivity index (χ2n) is 3.48. The van der Waals surface area contributed by atoms with Gasteiger partial charge >= 0.3 is 0 Å². The molecule has 2 rings (SSSR count). The third kappa shape index (κ3) is 2.19. The highest BCUT2D eigenvalue weighted by Gasteiger charge is 2.15. The summed E-state index contributed by atoms with van der Waals surface area (Å²) in [6.45, 7) is 0. The average Bonchev–Trinajstić information content (AvgIpc) is 2.20. The highest BCUT2D eigenvalue weighted by Crippen LogP contribution is 2.31. The quantitative estimate of drug-likeness (QED) is 0.741. The molecule has 0 radical (unpaired) electrons. The number of phenolic OH excluding ortho intramolecular Hbond substituents is 1. The Morgan fingerprint density at radius 2 is 1.69 bits per heavy atom. The van der Waals surface area contributed by atoms with Crippen molar-refractivity contribution in [2.75, 3.05) is 11.5 Å². The van der Waals surface area contributed by atoms with Gasteiger partial charge in [0.2, 0.25) is 0 Å². The molecule has 0 spiro atoms. The lowest BCUT2D eigenvalue weighted by atomic mass is 9.94. The van der Waals surface area contributed by atoms with Gasteiger partial charge in [-0.1, -0.05) is 12.1 Å². The molecule has 70 valence electrons.